The summed E-state index contributed by atoms with van der Waals surface area (Å²) in [5.74, 6) is 3.16. The van der Waals surface area contributed by atoms with Crippen LogP contribution in [0, 0.1) is 5.92 Å². The second-order valence-corrected chi connectivity index (χ2v) is 9.43. The van der Waals surface area contributed by atoms with E-state index >= 15 is 0 Å². The fourth-order valence-corrected chi connectivity index (χ4v) is 6.53. The smallest absolute Gasteiger partial charge is 0.111 e. The van der Waals surface area contributed by atoms with Crippen LogP contribution in [0.15, 0.2) is 21.3 Å². The Bertz CT molecular complexity index is 483. The van der Waals surface area contributed by atoms with E-state index in [1.165, 1.54) is 40.6 Å². The first-order valence-corrected chi connectivity index (χ1v) is 10.4. The largest absolute Gasteiger partial charge is 0.496 e. The Morgan fingerprint density at radius 3 is 2.32 bits per heavy atom. The molecule has 1 saturated carbocycles. The molecule has 0 aromatic heterocycles. The number of hydrogen-bond acceptors (Lipinski definition) is 4. The highest BCUT2D eigenvalue weighted by molar-refractivity contribution is 8.04. The molecule has 1 fully saturated rings. The van der Waals surface area contributed by atoms with Crippen LogP contribution < -0.4 is 0 Å². The van der Waals surface area contributed by atoms with Gasteiger partial charge in [0.25, 0.3) is 0 Å². The van der Waals surface area contributed by atoms with Gasteiger partial charge >= 0.3 is 0 Å². The molecule has 0 aromatic rings. The van der Waals surface area contributed by atoms with Crippen molar-refractivity contribution in [1.29, 1.82) is 0 Å². The molecule has 2 heterocycles. The van der Waals surface area contributed by atoms with E-state index in [4.69, 9.17) is 9.47 Å². The maximum absolute atomic E-state index is 6.34. The summed E-state index contributed by atoms with van der Waals surface area (Å²) in [5, 5.41) is 1.28. The third kappa shape index (κ3) is 3.33. The van der Waals surface area contributed by atoms with E-state index in [-0.39, 0.29) is 0 Å². The average molecular weight is 341 g/mol. The first-order chi connectivity index (χ1) is 10.6. The molecule has 0 radical (unpaired) electrons. The van der Waals surface area contributed by atoms with Gasteiger partial charge in [-0.3, -0.25) is 0 Å². The molecule has 2 aliphatic heterocycles. The van der Waals surface area contributed by atoms with Gasteiger partial charge in [-0.05, 0) is 39.0 Å². The van der Waals surface area contributed by atoms with Gasteiger partial charge in [0.15, 0.2) is 0 Å². The molecule has 0 amide bonds. The Kier molecular flexibility index (Phi) is 5.39. The predicted octanol–water partition coefficient (Wildman–Crippen LogP) is 5.70. The summed E-state index contributed by atoms with van der Waals surface area (Å²) < 4.78 is 12.3. The summed E-state index contributed by atoms with van der Waals surface area (Å²) in [4.78, 5) is 2.80. The molecular formula is C18H28O2S2. The van der Waals surface area contributed by atoms with Crippen LogP contribution in [0.1, 0.15) is 59.8 Å². The van der Waals surface area contributed by atoms with Crippen LogP contribution >= 0.6 is 23.5 Å². The van der Waals surface area contributed by atoms with Crippen molar-refractivity contribution in [3.8, 4) is 0 Å². The van der Waals surface area contributed by atoms with Crippen LogP contribution in [-0.2, 0) is 9.47 Å². The van der Waals surface area contributed by atoms with Crippen LogP contribution in [0.2, 0.25) is 0 Å². The molecule has 0 N–H and O–H groups in total. The normalized spacial score (nSPS) is 35.8. The van der Waals surface area contributed by atoms with Crippen molar-refractivity contribution in [2.24, 2.45) is 5.92 Å². The number of rotatable bonds is 3. The maximum Gasteiger partial charge on any atom is 0.111 e. The molecule has 22 heavy (non-hydrogen) atoms. The molecule has 3 aliphatic rings. The van der Waals surface area contributed by atoms with Crippen molar-refractivity contribution in [3.63, 3.8) is 0 Å². The van der Waals surface area contributed by atoms with E-state index in [0.29, 0.717) is 16.6 Å². The number of ether oxygens (including phenoxy) is 2. The quantitative estimate of drug-likeness (QED) is 0.655. The molecule has 1 aliphatic carbocycles. The van der Waals surface area contributed by atoms with Crippen molar-refractivity contribution in [2.45, 2.75) is 76.4 Å². The molecule has 0 spiro atoms. The number of thioether (sulfide) groups is 2. The van der Waals surface area contributed by atoms with Crippen LogP contribution in [0.3, 0.4) is 0 Å². The fourth-order valence-electron chi connectivity index (χ4n) is 3.81. The van der Waals surface area contributed by atoms with E-state index in [9.17, 15) is 0 Å². The van der Waals surface area contributed by atoms with E-state index in [0.717, 1.165) is 25.4 Å². The second-order valence-electron chi connectivity index (χ2n) is 6.52. The summed E-state index contributed by atoms with van der Waals surface area (Å²) in [7, 11) is 0. The van der Waals surface area contributed by atoms with Gasteiger partial charge in [-0.1, -0.05) is 13.8 Å². The van der Waals surface area contributed by atoms with Gasteiger partial charge in [-0.2, -0.15) is 0 Å². The minimum atomic E-state index is 0.417. The van der Waals surface area contributed by atoms with Crippen molar-refractivity contribution in [3.05, 3.63) is 21.3 Å². The van der Waals surface area contributed by atoms with Gasteiger partial charge in [0, 0.05) is 33.2 Å². The molecule has 0 aromatic carbocycles. The summed E-state index contributed by atoms with van der Waals surface area (Å²) in [6.07, 6.45) is 6.27. The lowest BCUT2D eigenvalue weighted by molar-refractivity contribution is 0.0518. The first kappa shape index (κ1) is 16.6. The zero-order valence-corrected chi connectivity index (χ0v) is 15.8. The third-order valence-corrected chi connectivity index (χ3v) is 7.93. The second kappa shape index (κ2) is 7.12. The van der Waals surface area contributed by atoms with E-state index in [2.05, 4.69) is 51.2 Å². The lowest BCUT2D eigenvalue weighted by Gasteiger charge is -2.42. The monoisotopic (exact) mass is 340 g/mol. The molecule has 4 heteroatoms. The van der Waals surface area contributed by atoms with Crippen molar-refractivity contribution in [2.75, 3.05) is 6.61 Å². The molecule has 3 rings (SSSR count). The Morgan fingerprint density at radius 1 is 0.955 bits per heavy atom. The lowest BCUT2D eigenvalue weighted by atomic mass is 9.84. The zero-order valence-electron chi connectivity index (χ0n) is 14.2. The van der Waals surface area contributed by atoms with Crippen molar-refractivity contribution < 1.29 is 9.47 Å². The molecule has 0 saturated heterocycles. The van der Waals surface area contributed by atoms with Gasteiger partial charge in [0.2, 0.25) is 0 Å². The fraction of sp³-hybridized carbons (Fsp3) is 0.778. The highest BCUT2D eigenvalue weighted by Gasteiger charge is 2.40. The first-order valence-electron chi connectivity index (χ1n) is 8.64. The summed E-state index contributed by atoms with van der Waals surface area (Å²) in [6, 6.07) is 0. The predicted molar refractivity (Wildman–Crippen MR) is 96.9 cm³/mol. The number of fused-ring (bicyclic) bond motifs is 1. The van der Waals surface area contributed by atoms with E-state index < -0.39 is 0 Å². The average Bonchev–Trinajstić information content (AvgIpc) is 2.53. The zero-order chi connectivity index (χ0) is 15.7. The third-order valence-electron chi connectivity index (χ3n) is 5.10. The van der Waals surface area contributed by atoms with Gasteiger partial charge in [0.05, 0.1) is 0 Å². The van der Waals surface area contributed by atoms with Crippen LogP contribution in [-0.4, -0.2) is 23.2 Å². The Morgan fingerprint density at radius 2 is 1.64 bits per heavy atom. The Balaban J connectivity index is 1.64. The molecule has 0 bridgehead atoms. The number of allylic oxidation sites excluding steroid dienone is 4. The van der Waals surface area contributed by atoms with Crippen molar-refractivity contribution in [1.82, 2.24) is 0 Å². The highest BCUT2D eigenvalue weighted by atomic mass is 32.2. The highest BCUT2D eigenvalue weighted by Crippen LogP contribution is 2.47. The summed E-state index contributed by atoms with van der Waals surface area (Å²) >= 11 is 4.12. The standard InChI is InChI=1S/C18H28O2S2/c1-5-14-11(3)22-18(10-19-14)13-7-8-17-16(9-13)20-15(6-2)12(4)21-17/h13,16-18H,5-10H2,1-4H3. The Hall–Kier alpha value is -0.220. The summed E-state index contributed by atoms with van der Waals surface area (Å²) in [6.45, 7) is 9.70. The Labute approximate surface area is 143 Å². The molecule has 2 nitrogen and oxygen atoms in total. The van der Waals surface area contributed by atoms with E-state index in [1.54, 1.807) is 0 Å². The maximum atomic E-state index is 6.34. The lowest BCUT2D eigenvalue weighted by Crippen LogP contribution is -2.40. The molecule has 4 unspecified atom stereocenters. The minimum absolute atomic E-state index is 0.417. The van der Waals surface area contributed by atoms with Gasteiger partial charge in [-0.15, -0.1) is 23.5 Å². The minimum Gasteiger partial charge on any atom is -0.496 e. The molecular weight excluding hydrogens is 312 g/mol. The SMILES string of the molecule is CCC1=C(C)SC(C2CCC3SC(C)=C(CC)OC3C2)CO1. The summed E-state index contributed by atoms with van der Waals surface area (Å²) in [5.41, 5.74) is 0. The number of hydrogen-bond donors (Lipinski definition) is 0. The van der Waals surface area contributed by atoms with Crippen LogP contribution in [0.25, 0.3) is 0 Å². The molecule has 4 atom stereocenters. The topological polar surface area (TPSA) is 18.5 Å². The van der Waals surface area contributed by atoms with E-state index in [1.807, 2.05) is 0 Å². The molecule has 124 valence electrons. The van der Waals surface area contributed by atoms with Gasteiger partial charge < -0.3 is 9.47 Å². The van der Waals surface area contributed by atoms with Crippen LogP contribution in [0.4, 0.5) is 0 Å². The van der Waals surface area contributed by atoms with Crippen LogP contribution in [0.5, 0.6) is 0 Å². The van der Waals surface area contributed by atoms with Gasteiger partial charge in [-0.25, -0.2) is 0 Å². The van der Waals surface area contributed by atoms with Crippen molar-refractivity contribution >= 4 is 23.5 Å². The van der Waals surface area contributed by atoms with Gasteiger partial charge in [0.1, 0.15) is 24.2 Å².